The number of benzene rings is 2. The standard InChI is InChI=1S/C16H18Br2N2O2.C16H19BrN2O2/c1-16(2,3)22-15(21)20(4)14-9-19-13-6-5-10(18)7-11(13)12(14)8-17;1-10-12-8-11(17)6-7-13(12)18-9-14(10)19(5)15(20)21-16(2,3)4/h5-7,9H,8H2,1-4H3;6-9H,1-5H3. The van der Waals surface area contributed by atoms with Gasteiger partial charge in [-0.3, -0.25) is 19.8 Å². The number of nitrogens with zero attached hydrogens (tertiary/aromatic N) is 4. The molecule has 2 aromatic carbocycles. The zero-order valence-electron chi connectivity index (χ0n) is 25.9. The van der Waals surface area contributed by atoms with E-state index in [0.29, 0.717) is 5.33 Å². The van der Waals surface area contributed by atoms with E-state index >= 15 is 0 Å². The van der Waals surface area contributed by atoms with E-state index in [4.69, 9.17) is 9.47 Å². The van der Waals surface area contributed by atoms with Crippen LogP contribution in [0.3, 0.4) is 0 Å². The summed E-state index contributed by atoms with van der Waals surface area (Å²) >= 11 is 10.5. The first-order valence-electron chi connectivity index (χ1n) is 13.5. The second-order valence-electron chi connectivity index (χ2n) is 11.9. The Balaban J connectivity index is 0.000000236. The van der Waals surface area contributed by atoms with E-state index in [-0.39, 0.29) is 6.09 Å². The molecule has 4 rings (SSSR count). The minimum Gasteiger partial charge on any atom is -0.443 e. The molecule has 4 aromatic rings. The fourth-order valence-corrected chi connectivity index (χ4v) is 5.43. The Bertz CT molecular complexity index is 1650. The Morgan fingerprint density at radius 1 is 0.744 bits per heavy atom. The first kappa shape index (κ1) is 34.7. The van der Waals surface area contributed by atoms with Crippen molar-refractivity contribution in [2.75, 3.05) is 23.9 Å². The van der Waals surface area contributed by atoms with Crippen molar-refractivity contribution in [1.29, 1.82) is 0 Å². The van der Waals surface area contributed by atoms with E-state index in [2.05, 4.69) is 57.8 Å². The minimum atomic E-state index is -0.535. The van der Waals surface area contributed by atoms with Gasteiger partial charge in [-0.2, -0.15) is 0 Å². The highest BCUT2D eigenvalue weighted by Crippen LogP contribution is 2.32. The number of rotatable bonds is 3. The molecule has 2 heterocycles. The van der Waals surface area contributed by atoms with Gasteiger partial charge in [-0.05, 0) is 96.0 Å². The van der Waals surface area contributed by atoms with Crippen LogP contribution in [0.4, 0.5) is 21.0 Å². The molecule has 11 heteroatoms. The molecule has 0 bridgehead atoms. The molecular weight excluding hydrogens is 744 g/mol. The molecule has 43 heavy (non-hydrogen) atoms. The van der Waals surface area contributed by atoms with Crippen LogP contribution in [-0.4, -0.2) is 47.5 Å². The van der Waals surface area contributed by atoms with Crippen molar-refractivity contribution < 1.29 is 19.1 Å². The number of carbonyl (C=O) groups is 2. The molecule has 0 N–H and O–H groups in total. The molecule has 0 spiro atoms. The number of carbonyl (C=O) groups excluding carboxylic acids is 2. The minimum absolute atomic E-state index is 0.387. The summed E-state index contributed by atoms with van der Waals surface area (Å²) in [5.74, 6) is 0. The molecule has 8 nitrogen and oxygen atoms in total. The first-order valence-corrected chi connectivity index (χ1v) is 16.2. The molecule has 230 valence electrons. The topological polar surface area (TPSA) is 84.9 Å². The number of hydrogen-bond acceptors (Lipinski definition) is 6. The fraction of sp³-hybridized carbons (Fsp3) is 0.375. The van der Waals surface area contributed by atoms with Gasteiger partial charge in [-0.25, -0.2) is 9.59 Å². The number of pyridine rings is 2. The third kappa shape index (κ3) is 9.12. The van der Waals surface area contributed by atoms with E-state index in [0.717, 1.165) is 53.3 Å². The largest absolute Gasteiger partial charge is 0.443 e. The zero-order valence-corrected chi connectivity index (χ0v) is 30.6. The van der Waals surface area contributed by atoms with Gasteiger partial charge < -0.3 is 9.47 Å². The highest BCUT2D eigenvalue weighted by atomic mass is 79.9. The van der Waals surface area contributed by atoms with E-state index < -0.39 is 17.3 Å². The third-order valence-electron chi connectivity index (χ3n) is 6.18. The van der Waals surface area contributed by atoms with Crippen LogP contribution in [0.25, 0.3) is 21.8 Å². The molecule has 0 saturated heterocycles. The summed E-state index contributed by atoms with van der Waals surface area (Å²) in [7, 11) is 3.39. The van der Waals surface area contributed by atoms with Crippen LogP contribution in [0.2, 0.25) is 0 Å². The quantitative estimate of drug-likeness (QED) is 0.193. The van der Waals surface area contributed by atoms with Crippen molar-refractivity contribution in [3.63, 3.8) is 0 Å². The SMILES string of the molecule is CN(C(=O)OC(C)(C)C)c1cnc2ccc(Br)cc2c1CBr.Cc1c(N(C)C(=O)OC(C)(C)C)cnc2ccc(Br)cc12. The third-order valence-corrected chi connectivity index (χ3v) is 7.73. The maximum absolute atomic E-state index is 12.3. The molecule has 0 aliphatic rings. The average Bonchev–Trinajstić information content (AvgIpc) is 2.90. The number of ether oxygens (including phenoxy) is 2. The van der Waals surface area contributed by atoms with Crippen LogP contribution in [-0.2, 0) is 14.8 Å². The summed E-state index contributed by atoms with van der Waals surface area (Å²) in [6.45, 7) is 13.1. The number of amides is 2. The van der Waals surface area contributed by atoms with E-state index in [9.17, 15) is 9.59 Å². The summed E-state index contributed by atoms with van der Waals surface area (Å²) in [6, 6.07) is 11.8. The van der Waals surface area contributed by atoms with Crippen LogP contribution >= 0.6 is 47.8 Å². The lowest BCUT2D eigenvalue weighted by atomic mass is 10.1. The molecule has 0 unspecified atom stereocenters. The average molecular weight is 781 g/mol. The Hall–Kier alpha value is -2.76. The highest BCUT2D eigenvalue weighted by Gasteiger charge is 2.24. The number of fused-ring (bicyclic) bond motifs is 2. The summed E-state index contributed by atoms with van der Waals surface area (Å²) in [4.78, 5) is 36.3. The van der Waals surface area contributed by atoms with Gasteiger partial charge in [0.2, 0.25) is 0 Å². The molecule has 0 radical (unpaired) electrons. The van der Waals surface area contributed by atoms with Crippen LogP contribution in [0.5, 0.6) is 0 Å². The number of aryl methyl sites for hydroxylation is 1. The van der Waals surface area contributed by atoms with E-state index in [1.54, 1.807) is 26.5 Å². The molecule has 0 aliphatic carbocycles. The molecule has 2 aromatic heterocycles. The maximum atomic E-state index is 12.3. The number of alkyl halides is 1. The fourth-order valence-electron chi connectivity index (χ4n) is 4.12. The summed E-state index contributed by atoms with van der Waals surface area (Å²) in [6.07, 6.45) is 2.62. The number of anilines is 2. The van der Waals surface area contributed by atoms with Gasteiger partial charge in [0.1, 0.15) is 11.2 Å². The smallest absolute Gasteiger partial charge is 0.414 e. The van der Waals surface area contributed by atoms with Gasteiger partial charge in [-0.1, -0.05) is 47.8 Å². The Kier molecular flexibility index (Phi) is 11.2. The summed E-state index contributed by atoms with van der Waals surface area (Å²) in [5, 5.41) is 2.63. The predicted molar refractivity (Wildman–Crippen MR) is 186 cm³/mol. The maximum Gasteiger partial charge on any atom is 0.414 e. The van der Waals surface area contributed by atoms with Crippen molar-refractivity contribution in [3.05, 3.63) is 68.9 Å². The van der Waals surface area contributed by atoms with Gasteiger partial charge in [0, 0.05) is 39.1 Å². The lowest BCUT2D eigenvalue weighted by Crippen LogP contribution is -2.34. The van der Waals surface area contributed by atoms with Crippen molar-refractivity contribution in [2.45, 2.75) is 65.0 Å². The number of halogens is 3. The highest BCUT2D eigenvalue weighted by molar-refractivity contribution is 9.10. The predicted octanol–water partition coefficient (Wildman–Crippen LogP) is 9.94. The molecule has 0 saturated carbocycles. The second-order valence-corrected chi connectivity index (χ2v) is 14.3. The van der Waals surface area contributed by atoms with Crippen LogP contribution in [0.15, 0.2) is 57.7 Å². The van der Waals surface area contributed by atoms with Crippen LogP contribution in [0.1, 0.15) is 52.7 Å². The number of hydrogen-bond donors (Lipinski definition) is 0. The lowest BCUT2D eigenvalue weighted by molar-refractivity contribution is 0.0578. The van der Waals surface area contributed by atoms with E-state index in [1.165, 1.54) is 9.80 Å². The van der Waals surface area contributed by atoms with E-state index in [1.807, 2.05) is 84.9 Å². The van der Waals surface area contributed by atoms with Gasteiger partial charge in [0.25, 0.3) is 0 Å². The zero-order chi connectivity index (χ0) is 32.3. The normalized spacial score (nSPS) is 11.5. The Labute approximate surface area is 278 Å². The van der Waals surface area contributed by atoms with Gasteiger partial charge in [0.05, 0.1) is 34.8 Å². The summed E-state index contributed by atoms with van der Waals surface area (Å²) in [5.41, 5.74) is 4.21. The molecule has 0 atom stereocenters. The van der Waals surface area contributed by atoms with Crippen molar-refractivity contribution in [1.82, 2.24) is 9.97 Å². The van der Waals surface area contributed by atoms with Crippen molar-refractivity contribution in [2.24, 2.45) is 0 Å². The molecule has 0 fully saturated rings. The van der Waals surface area contributed by atoms with Gasteiger partial charge in [0.15, 0.2) is 0 Å². The van der Waals surface area contributed by atoms with Crippen molar-refractivity contribution >= 4 is 93.2 Å². The number of aromatic nitrogens is 2. The molecule has 0 aliphatic heterocycles. The lowest BCUT2D eigenvalue weighted by Gasteiger charge is -2.26. The molecular formula is C32H37Br3N4O4. The second kappa shape index (κ2) is 13.9. The monoisotopic (exact) mass is 778 g/mol. The van der Waals surface area contributed by atoms with Crippen molar-refractivity contribution in [3.8, 4) is 0 Å². The van der Waals surface area contributed by atoms with Gasteiger partial charge in [-0.15, -0.1) is 0 Å². The Morgan fingerprint density at radius 3 is 1.63 bits per heavy atom. The summed E-state index contributed by atoms with van der Waals surface area (Å²) < 4.78 is 12.8. The first-order chi connectivity index (χ1) is 19.9. The van der Waals surface area contributed by atoms with Crippen LogP contribution < -0.4 is 9.80 Å². The molecule has 2 amide bonds. The Morgan fingerprint density at radius 2 is 1.16 bits per heavy atom. The van der Waals surface area contributed by atoms with Crippen LogP contribution in [0, 0.1) is 6.92 Å². The van der Waals surface area contributed by atoms with Gasteiger partial charge >= 0.3 is 12.2 Å².